The summed E-state index contributed by atoms with van der Waals surface area (Å²) in [5.41, 5.74) is 7.39. The van der Waals surface area contributed by atoms with E-state index in [1.165, 1.54) is 18.2 Å². The van der Waals surface area contributed by atoms with Crippen LogP contribution < -0.4 is 16.0 Å². The van der Waals surface area contributed by atoms with Crippen molar-refractivity contribution in [2.45, 2.75) is 32.2 Å². The molecule has 1 unspecified atom stereocenters. The standard InChI is InChI=1S/C20H20ClN3O3/c1-20(2,3)12-6-4-11(5-7-12)16-18(26)24(19(27)23-16)13-8-9-15(21)14(10-13)17(22)25/h4-10,16H,1-3H3,(H2,22,25)(H,23,27). The summed E-state index contributed by atoms with van der Waals surface area (Å²) in [6.07, 6.45) is 0. The van der Waals surface area contributed by atoms with Crippen LogP contribution in [0.1, 0.15) is 48.3 Å². The van der Waals surface area contributed by atoms with Crippen molar-refractivity contribution >= 4 is 35.1 Å². The Morgan fingerprint density at radius 1 is 1.11 bits per heavy atom. The molecule has 2 aromatic rings. The number of nitrogens with two attached hydrogens (primary N) is 1. The van der Waals surface area contributed by atoms with Gasteiger partial charge in [0.15, 0.2) is 0 Å². The average Bonchev–Trinajstić information content (AvgIpc) is 2.89. The van der Waals surface area contributed by atoms with E-state index in [4.69, 9.17) is 17.3 Å². The van der Waals surface area contributed by atoms with Gasteiger partial charge in [-0.3, -0.25) is 9.59 Å². The van der Waals surface area contributed by atoms with Crippen molar-refractivity contribution in [1.82, 2.24) is 5.32 Å². The first kappa shape index (κ1) is 18.9. The molecule has 4 amide bonds. The van der Waals surface area contributed by atoms with E-state index >= 15 is 0 Å². The van der Waals surface area contributed by atoms with E-state index in [9.17, 15) is 14.4 Å². The third-order valence-electron chi connectivity index (χ3n) is 4.52. The minimum Gasteiger partial charge on any atom is -0.366 e. The third-order valence-corrected chi connectivity index (χ3v) is 4.85. The first-order chi connectivity index (χ1) is 12.6. The Morgan fingerprint density at radius 3 is 2.30 bits per heavy atom. The third kappa shape index (κ3) is 3.53. The van der Waals surface area contributed by atoms with Crippen molar-refractivity contribution < 1.29 is 14.4 Å². The minimum absolute atomic E-state index is 0.0119. The predicted octanol–water partition coefficient (Wildman–Crippen LogP) is 3.53. The van der Waals surface area contributed by atoms with Gasteiger partial charge in [-0.1, -0.05) is 56.6 Å². The lowest BCUT2D eigenvalue weighted by Gasteiger charge is -2.20. The Morgan fingerprint density at radius 2 is 1.74 bits per heavy atom. The molecule has 3 rings (SSSR count). The average molecular weight is 386 g/mol. The maximum absolute atomic E-state index is 12.9. The molecule has 1 aliphatic rings. The van der Waals surface area contributed by atoms with E-state index in [0.717, 1.165) is 10.5 Å². The summed E-state index contributed by atoms with van der Waals surface area (Å²) < 4.78 is 0. The fraction of sp³-hybridized carbons (Fsp3) is 0.250. The molecular weight excluding hydrogens is 366 g/mol. The highest BCUT2D eigenvalue weighted by Crippen LogP contribution is 2.31. The molecule has 1 saturated heterocycles. The number of nitrogens with zero attached hydrogens (tertiary/aromatic N) is 1. The van der Waals surface area contributed by atoms with Crippen LogP contribution in [0.15, 0.2) is 42.5 Å². The molecule has 1 atom stereocenters. The number of imide groups is 1. The molecule has 0 bridgehead atoms. The normalized spacial score (nSPS) is 17.2. The first-order valence-corrected chi connectivity index (χ1v) is 8.81. The highest BCUT2D eigenvalue weighted by molar-refractivity contribution is 6.34. The Bertz CT molecular complexity index is 932. The minimum atomic E-state index is -0.792. The molecular formula is C20H20ClN3O3. The van der Waals surface area contributed by atoms with Crippen LogP contribution in [-0.4, -0.2) is 17.8 Å². The van der Waals surface area contributed by atoms with Crippen LogP contribution in [0, 0.1) is 0 Å². The number of urea groups is 1. The fourth-order valence-corrected chi connectivity index (χ4v) is 3.18. The van der Waals surface area contributed by atoms with Gasteiger partial charge in [0.1, 0.15) is 6.04 Å². The maximum Gasteiger partial charge on any atom is 0.329 e. The second kappa shape index (κ2) is 6.70. The van der Waals surface area contributed by atoms with Crippen LogP contribution in [0.2, 0.25) is 5.02 Å². The number of hydrogen-bond donors (Lipinski definition) is 2. The summed E-state index contributed by atoms with van der Waals surface area (Å²) in [5, 5.41) is 2.84. The monoisotopic (exact) mass is 385 g/mol. The van der Waals surface area contributed by atoms with E-state index in [1.807, 2.05) is 24.3 Å². The highest BCUT2D eigenvalue weighted by atomic mass is 35.5. The summed E-state index contributed by atoms with van der Waals surface area (Å²) in [7, 11) is 0. The number of carbonyl (C=O) groups is 3. The maximum atomic E-state index is 12.9. The summed E-state index contributed by atoms with van der Waals surface area (Å²) in [4.78, 5) is 37.7. The van der Waals surface area contributed by atoms with Crippen LogP contribution >= 0.6 is 11.6 Å². The fourth-order valence-electron chi connectivity index (χ4n) is 2.97. The number of rotatable bonds is 3. The van der Waals surface area contributed by atoms with Crippen molar-refractivity contribution in [3.63, 3.8) is 0 Å². The van der Waals surface area contributed by atoms with E-state index in [2.05, 4.69) is 26.1 Å². The van der Waals surface area contributed by atoms with E-state index < -0.39 is 23.9 Å². The molecule has 0 aliphatic carbocycles. The van der Waals surface area contributed by atoms with Crippen LogP contribution in [-0.2, 0) is 10.2 Å². The smallest absolute Gasteiger partial charge is 0.329 e. The molecule has 0 spiro atoms. The quantitative estimate of drug-likeness (QED) is 0.791. The van der Waals surface area contributed by atoms with Gasteiger partial charge in [0, 0.05) is 0 Å². The molecule has 2 aromatic carbocycles. The molecule has 6 nitrogen and oxygen atoms in total. The molecule has 1 fully saturated rings. The molecule has 140 valence electrons. The van der Waals surface area contributed by atoms with Crippen LogP contribution in [0.4, 0.5) is 10.5 Å². The zero-order chi connectivity index (χ0) is 19.9. The SMILES string of the molecule is CC(C)(C)c1ccc(C2NC(=O)N(c3ccc(Cl)c(C(N)=O)c3)C2=O)cc1. The Balaban J connectivity index is 1.92. The van der Waals surface area contributed by atoms with Crippen molar-refractivity contribution in [2.75, 3.05) is 4.90 Å². The van der Waals surface area contributed by atoms with Crippen LogP contribution in [0.25, 0.3) is 0 Å². The summed E-state index contributed by atoms with van der Waals surface area (Å²) in [6.45, 7) is 6.30. The Hall–Kier alpha value is -2.86. The van der Waals surface area contributed by atoms with Gasteiger partial charge in [-0.05, 0) is 34.7 Å². The first-order valence-electron chi connectivity index (χ1n) is 8.44. The lowest BCUT2D eigenvalue weighted by atomic mass is 9.86. The Labute approximate surface area is 162 Å². The van der Waals surface area contributed by atoms with Gasteiger partial charge in [0.2, 0.25) is 5.91 Å². The summed E-state index contributed by atoms with van der Waals surface area (Å²) >= 11 is 5.94. The molecule has 1 heterocycles. The second-order valence-electron chi connectivity index (χ2n) is 7.46. The topological polar surface area (TPSA) is 92.5 Å². The second-order valence-corrected chi connectivity index (χ2v) is 7.86. The summed E-state index contributed by atoms with van der Waals surface area (Å²) in [6, 6.07) is 10.5. The van der Waals surface area contributed by atoms with Gasteiger partial charge in [-0.25, -0.2) is 9.69 Å². The molecule has 0 radical (unpaired) electrons. The number of benzene rings is 2. The highest BCUT2D eigenvalue weighted by Gasteiger charge is 2.40. The van der Waals surface area contributed by atoms with E-state index in [-0.39, 0.29) is 21.7 Å². The number of carbonyl (C=O) groups excluding carboxylic acids is 3. The number of hydrogen-bond acceptors (Lipinski definition) is 3. The molecule has 1 aliphatic heterocycles. The predicted molar refractivity (Wildman–Crippen MR) is 104 cm³/mol. The zero-order valence-electron chi connectivity index (χ0n) is 15.2. The van der Waals surface area contributed by atoms with Gasteiger partial charge in [0.25, 0.3) is 5.91 Å². The molecule has 0 saturated carbocycles. The molecule has 3 N–H and O–H groups in total. The van der Waals surface area contributed by atoms with Gasteiger partial charge >= 0.3 is 6.03 Å². The van der Waals surface area contributed by atoms with Gasteiger partial charge in [-0.2, -0.15) is 0 Å². The molecule has 0 aromatic heterocycles. The van der Waals surface area contributed by atoms with Gasteiger partial charge in [0.05, 0.1) is 16.3 Å². The number of anilines is 1. The van der Waals surface area contributed by atoms with Gasteiger partial charge < -0.3 is 11.1 Å². The lowest BCUT2D eigenvalue weighted by molar-refractivity contribution is -0.118. The number of nitrogens with one attached hydrogen (secondary N) is 1. The Kier molecular flexibility index (Phi) is 4.70. The van der Waals surface area contributed by atoms with E-state index in [0.29, 0.717) is 5.56 Å². The summed E-state index contributed by atoms with van der Waals surface area (Å²) in [5.74, 6) is -1.16. The van der Waals surface area contributed by atoms with Crippen LogP contribution in [0.5, 0.6) is 0 Å². The van der Waals surface area contributed by atoms with Crippen molar-refractivity contribution in [2.24, 2.45) is 5.73 Å². The number of primary amides is 1. The van der Waals surface area contributed by atoms with E-state index in [1.54, 1.807) is 0 Å². The number of amides is 4. The van der Waals surface area contributed by atoms with Crippen LogP contribution in [0.3, 0.4) is 0 Å². The largest absolute Gasteiger partial charge is 0.366 e. The molecule has 7 heteroatoms. The lowest BCUT2D eigenvalue weighted by Crippen LogP contribution is -2.31. The molecule has 27 heavy (non-hydrogen) atoms. The number of halogens is 1. The van der Waals surface area contributed by atoms with Crippen molar-refractivity contribution in [3.05, 3.63) is 64.2 Å². The van der Waals surface area contributed by atoms with Crippen molar-refractivity contribution in [3.8, 4) is 0 Å². The van der Waals surface area contributed by atoms with Crippen molar-refractivity contribution in [1.29, 1.82) is 0 Å². The van der Waals surface area contributed by atoms with Gasteiger partial charge in [-0.15, -0.1) is 0 Å². The zero-order valence-corrected chi connectivity index (χ0v) is 16.0.